The predicted octanol–water partition coefficient (Wildman–Crippen LogP) is 1.80. The standard InChI is InChI=1S/C18H21N7O5/c1-17(2,3)30-16(28)22-12-10-19-11(9-20-12)18(15(26)27)7-8-21-25(18)13-5-6-14(29-4)24-23-13/h5-6,8-10H,7H2,1-4H3,(H,26,27)(H,20,22,28). The van der Waals surface area contributed by atoms with Gasteiger partial charge in [-0.3, -0.25) is 10.3 Å². The number of ether oxygens (including phenoxy) is 2. The monoisotopic (exact) mass is 415 g/mol. The molecule has 1 atom stereocenters. The van der Waals surface area contributed by atoms with Crippen LogP contribution in [0.4, 0.5) is 16.4 Å². The lowest BCUT2D eigenvalue weighted by molar-refractivity contribution is -0.143. The molecule has 158 valence electrons. The quantitative estimate of drug-likeness (QED) is 0.739. The van der Waals surface area contributed by atoms with E-state index in [2.05, 4.69) is 30.6 Å². The number of carboxylic acid groups (broad SMARTS) is 1. The molecule has 2 N–H and O–H groups in total. The van der Waals surface area contributed by atoms with E-state index in [1.807, 2.05) is 0 Å². The molecular formula is C18H21N7O5. The molecule has 1 aliphatic rings. The molecule has 0 radical (unpaired) electrons. The van der Waals surface area contributed by atoms with Gasteiger partial charge in [-0.2, -0.15) is 5.10 Å². The van der Waals surface area contributed by atoms with Gasteiger partial charge in [0.15, 0.2) is 11.6 Å². The largest absolute Gasteiger partial charge is 0.480 e. The Labute approximate surface area is 171 Å². The molecule has 1 aliphatic heterocycles. The van der Waals surface area contributed by atoms with Crippen molar-refractivity contribution in [2.45, 2.75) is 38.3 Å². The third-order valence-electron chi connectivity index (χ3n) is 4.06. The van der Waals surface area contributed by atoms with Gasteiger partial charge >= 0.3 is 12.1 Å². The zero-order chi connectivity index (χ0) is 21.9. The Kier molecular flexibility index (Phi) is 5.49. The van der Waals surface area contributed by atoms with Gasteiger partial charge in [0.1, 0.15) is 5.60 Å². The lowest BCUT2D eigenvalue weighted by Gasteiger charge is -2.31. The van der Waals surface area contributed by atoms with Crippen LogP contribution in [0.3, 0.4) is 0 Å². The van der Waals surface area contributed by atoms with E-state index in [1.165, 1.54) is 36.8 Å². The van der Waals surface area contributed by atoms with E-state index < -0.39 is 23.2 Å². The second-order valence-electron chi connectivity index (χ2n) is 7.33. The minimum Gasteiger partial charge on any atom is -0.480 e. The number of nitrogens with zero attached hydrogens (tertiary/aromatic N) is 6. The number of hydrogen-bond acceptors (Lipinski definition) is 10. The zero-order valence-corrected chi connectivity index (χ0v) is 16.9. The molecule has 0 aliphatic carbocycles. The van der Waals surface area contributed by atoms with Crippen LogP contribution in [0, 0.1) is 0 Å². The molecule has 0 aromatic carbocycles. The van der Waals surface area contributed by atoms with Crippen LogP contribution in [-0.4, -0.2) is 56.3 Å². The molecule has 3 heterocycles. The van der Waals surface area contributed by atoms with Gasteiger partial charge in [-0.25, -0.2) is 19.6 Å². The van der Waals surface area contributed by atoms with Crippen molar-refractivity contribution in [3.05, 3.63) is 30.2 Å². The van der Waals surface area contributed by atoms with E-state index >= 15 is 0 Å². The molecule has 0 fully saturated rings. The summed E-state index contributed by atoms with van der Waals surface area (Å²) in [5.41, 5.74) is -2.23. The number of amides is 1. The summed E-state index contributed by atoms with van der Waals surface area (Å²) >= 11 is 0. The van der Waals surface area contributed by atoms with Gasteiger partial charge in [-0.15, -0.1) is 10.2 Å². The summed E-state index contributed by atoms with van der Waals surface area (Å²) < 4.78 is 10.1. The first kappa shape index (κ1) is 20.9. The lowest BCUT2D eigenvalue weighted by Crippen LogP contribution is -2.48. The van der Waals surface area contributed by atoms with E-state index in [1.54, 1.807) is 26.8 Å². The van der Waals surface area contributed by atoms with Crippen LogP contribution in [0.2, 0.25) is 0 Å². The van der Waals surface area contributed by atoms with Crippen molar-refractivity contribution < 1.29 is 24.2 Å². The molecule has 3 rings (SSSR count). The first-order chi connectivity index (χ1) is 14.2. The number of carboxylic acids is 1. The summed E-state index contributed by atoms with van der Waals surface area (Å²) in [6.45, 7) is 5.19. The molecule has 0 saturated heterocycles. The Balaban J connectivity index is 1.88. The number of hydrazone groups is 1. The highest BCUT2D eigenvalue weighted by molar-refractivity contribution is 5.91. The van der Waals surface area contributed by atoms with Crippen LogP contribution in [0.15, 0.2) is 29.6 Å². The first-order valence-electron chi connectivity index (χ1n) is 8.92. The zero-order valence-electron chi connectivity index (χ0n) is 16.9. The topological polar surface area (TPSA) is 152 Å². The van der Waals surface area contributed by atoms with Crippen LogP contribution in [0.1, 0.15) is 32.9 Å². The summed E-state index contributed by atoms with van der Waals surface area (Å²) in [6.07, 6.45) is 3.30. The second-order valence-corrected chi connectivity index (χ2v) is 7.33. The molecular weight excluding hydrogens is 394 g/mol. The van der Waals surface area contributed by atoms with E-state index in [9.17, 15) is 14.7 Å². The third-order valence-corrected chi connectivity index (χ3v) is 4.06. The fourth-order valence-electron chi connectivity index (χ4n) is 2.74. The number of hydrogen-bond donors (Lipinski definition) is 2. The number of carbonyl (C=O) groups is 2. The first-order valence-corrected chi connectivity index (χ1v) is 8.92. The molecule has 2 aromatic rings. The van der Waals surface area contributed by atoms with Crippen LogP contribution in [0.5, 0.6) is 5.88 Å². The van der Waals surface area contributed by atoms with Crippen LogP contribution in [-0.2, 0) is 15.1 Å². The lowest BCUT2D eigenvalue weighted by atomic mass is 9.92. The highest BCUT2D eigenvalue weighted by Crippen LogP contribution is 2.38. The Morgan fingerprint density at radius 2 is 1.97 bits per heavy atom. The third kappa shape index (κ3) is 4.11. The van der Waals surface area contributed by atoms with Gasteiger partial charge in [0.2, 0.25) is 11.4 Å². The smallest absolute Gasteiger partial charge is 0.413 e. The second kappa shape index (κ2) is 7.89. The van der Waals surface area contributed by atoms with Gasteiger partial charge in [0, 0.05) is 18.7 Å². The van der Waals surface area contributed by atoms with Crippen molar-refractivity contribution in [3.63, 3.8) is 0 Å². The molecule has 2 aromatic heterocycles. The fraction of sp³-hybridized carbons (Fsp3) is 0.389. The molecule has 12 heteroatoms. The molecule has 12 nitrogen and oxygen atoms in total. The fourth-order valence-corrected chi connectivity index (χ4v) is 2.74. The number of carbonyl (C=O) groups excluding carboxylic acids is 1. The van der Waals surface area contributed by atoms with Crippen molar-refractivity contribution in [2.75, 3.05) is 17.4 Å². The Bertz CT molecular complexity index is 956. The average molecular weight is 415 g/mol. The predicted molar refractivity (Wildman–Crippen MR) is 105 cm³/mol. The number of nitrogens with one attached hydrogen (secondary N) is 1. The summed E-state index contributed by atoms with van der Waals surface area (Å²) in [4.78, 5) is 32.5. The Morgan fingerprint density at radius 1 is 1.20 bits per heavy atom. The van der Waals surface area contributed by atoms with Crippen LogP contribution in [0.25, 0.3) is 0 Å². The molecule has 1 unspecified atom stereocenters. The molecule has 0 bridgehead atoms. The maximum atomic E-state index is 12.3. The summed E-state index contributed by atoms with van der Waals surface area (Å²) in [6, 6.07) is 3.08. The molecule has 0 spiro atoms. The maximum Gasteiger partial charge on any atom is 0.413 e. The van der Waals surface area contributed by atoms with Crippen LogP contribution >= 0.6 is 0 Å². The van der Waals surface area contributed by atoms with Gasteiger partial charge in [-0.1, -0.05) is 0 Å². The van der Waals surface area contributed by atoms with Crippen molar-refractivity contribution in [3.8, 4) is 5.88 Å². The van der Waals surface area contributed by atoms with E-state index in [0.29, 0.717) is 0 Å². The van der Waals surface area contributed by atoms with Crippen molar-refractivity contribution >= 4 is 29.9 Å². The van der Waals surface area contributed by atoms with Gasteiger partial charge < -0.3 is 14.6 Å². The van der Waals surface area contributed by atoms with Gasteiger partial charge in [0.05, 0.1) is 25.2 Å². The van der Waals surface area contributed by atoms with E-state index in [0.717, 1.165) is 0 Å². The SMILES string of the molecule is COc1ccc(N2N=CCC2(C(=O)O)c2cnc(NC(=O)OC(C)(C)C)cn2)nn1. The van der Waals surface area contributed by atoms with Crippen molar-refractivity contribution in [1.29, 1.82) is 0 Å². The highest BCUT2D eigenvalue weighted by atomic mass is 16.6. The minimum atomic E-state index is -1.67. The average Bonchev–Trinajstić information content (AvgIpc) is 3.13. The Morgan fingerprint density at radius 3 is 2.50 bits per heavy atom. The van der Waals surface area contributed by atoms with Crippen molar-refractivity contribution in [1.82, 2.24) is 20.2 Å². The number of anilines is 2. The molecule has 30 heavy (non-hydrogen) atoms. The van der Waals surface area contributed by atoms with E-state index in [4.69, 9.17) is 9.47 Å². The van der Waals surface area contributed by atoms with Crippen LogP contribution < -0.4 is 15.1 Å². The summed E-state index contributed by atoms with van der Waals surface area (Å²) in [7, 11) is 1.45. The number of methoxy groups -OCH3 is 1. The molecule has 0 saturated carbocycles. The van der Waals surface area contributed by atoms with Gasteiger partial charge in [0.25, 0.3) is 0 Å². The van der Waals surface area contributed by atoms with E-state index in [-0.39, 0.29) is 29.6 Å². The minimum absolute atomic E-state index is 0.0313. The number of aromatic nitrogens is 4. The maximum absolute atomic E-state index is 12.3. The van der Waals surface area contributed by atoms with Crippen molar-refractivity contribution in [2.24, 2.45) is 5.10 Å². The number of rotatable bonds is 5. The molecule has 1 amide bonds. The highest BCUT2D eigenvalue weighted by Gasteiger charge is 2.51. The summed E-state index contributed by atoms with van der Waals surface area (Å²) in [5.74, 6) is -0.604. The normalized spacial score (nSPS) is 18.2. The van der Waals surface area contributed by atoms with Gasteiger partial charge in [-0.05, 0) is 26.8 Å². The Hall–Kier alpha value is -3.83. The summed E-state index contributed by atoms with van der Waals surface area (Å²) in [5, 5.41) is 25.7. The number of aliphatic carboxylic acids is 1.